The first-order valence-corrected chi connectivity index (χ1v) is 7.59. The lowest BCUT2D eigenvalue weighted by molar-refractivity contribution is 0.200. The fraction of sp³-hybridized carbons (Fsp3) is 0.222. The van der Waals surface area contributed by atoms with E-state index in [0.29, 0.717) is 18.3 Å². The van der Waals surface area contributed by atoms with Crippen LogP contribution in [0.5, 0.6) is 5.75 Å². The molecule has 1 aromatic heterocycles. The second-order valence-electron chi connectivity index (χ2n) is 5.62. The van der Waals surface area contributed by atoms with Crippen LogP contribution in [-0.4, -0.2) is 15.6 Å². The molecule has 0 saturated heterocycles. The zero-order valence-corrected chi connectivity index (χ0v) is 13.2. The van der Waals surface area contributed by atoms with Crippen LogP contribution in [0, 0.1) is 0 Å². The van der Waals surface area contributed by atoms with Crippen LogP contribution in [0.25, 0.3) is 11.0 Å². The molecular weight excluding hydrogens is 290 g/mol. The molecule has 0 aliphatic rings. The van der Waals surface area contributed by atoms with Crippen LogP contribution in [-0.2, 0) is 6.54 Å². The highest BCUT2D eigenvalue weighted by atomic mass is 16.5. The molecule has 1 heterocycles. The summed E-state index contributed by atoms with van der Waals surface area (Å²) in [5.41, 5.74) is 3.00. The number of carbonyl (C=O) groups is 1. The lowest BCUT2D eigenvalue weighted by atomic mass is 10.2. The zero-order chi connectivity index (χ0) is 16.2. The van der Waals surface area contributed by atoms with Gasteiger partial charge in [0, 0.05) is 12.6 Å². The fourth-order valence-electron chi connectivity index (χ4n) is 2.40. The van der Waals surface area contributed by atoms with Gasteiger partial charge in [0.15, 0.2) is 0 Å². The fourth-order valence-corrected chi connectivity index (χ4v) is 2.40. The third-order valence-electron chi connectivity index (χ3n) is 3.59. The summed E-state index contributed by atoms with van der Waals surface area (Å²) < 4.78 is 7.31. The van der Waals surface area contributed by atoms with Gasteiger partial charge in [0.2, 0.25) is 0 Å². The van der Waals surface area contributed by atoms with Crippen LogP contribution < -0.4 is 10.1 Å². The number of imidazole rings is 1. The van der Waals surface area contributed by atoms with Crippen molar-refractivity contribution in [2.45, 2.75) is 26.4 Å². The smallest absolute Gasteiger partial charge is 0.410 e. The number of aromatic nitrogens is 2. The van der Waals surface area contributed by atoms with E-state index in [1.165, 1.54) is 0 Å². The van der Waals surface area contributed by atoms with Gasteiger partial charge < -0.3 is 14.6 Å². The van der Waals surface area contributed by atoms with Crippen LogP contribution in [0.1, 0.15) is 25.5 Å². The van der Waals surface area contributed by atoms with Crippen molar-refractivity contribution in [3.8, 4) is 5.75 Å². The number of hydrogen-bond donors (Lipinski definition) is 1. The van der Waals surface area contributed by atoms with Gasteiger partial charge in [-0.3, -0.25) is 0 Å². The SMILES string of the molecule is CC(C)n1cnc2cc(CNC(=O)Oc3ccccc3)ccc21. The van der Waals surface area contributed by atoms with E-state index in [4.69, 9.17) is 4.74 Å². The van der Waals surface area contributed by atoms with E-state index in [9.17, 15) is 4.79 Å². The number of nitrogens with one attached hydrogen (secondary N) is 1. The number of hydrogen-bond acceptors (Lipinski definition) is 3. The first kappa shape index (κ1) is 15.1. The van der Waals surface area contributed by atoms with Gasteiger partial charge in [0.1, 0.15) is 5.75 Å². The van der Waals surface area contributed by atoms with Gasteiger partial charge in [-0.1, -0.05) is 24.3 Å². The molecule has 5 heteroatoms. The molecule has 118 valence electrons. The largest absolute Gasteiger partial charge is 0.412 e. The van der Waals surface area contributed by atoms with Crippen molar-refractivity contribution < 1.29 is 9.53 Å². The maximum Gasteiger partial charge on any atom is 0.412 e. The van der Waals surface area contributed by atoms with E-state index < -0.39 is 6.09 Å². The number of fused-ring (bicyclic) bond motifs is 1. The first-order chi connectivity index (χ1) is 11.1. The molecule has 3 rings (SSSR count). The average Bonchev–Trinajstić information content (AvgIpc) is 2.97. The summed E-state index contributed by atoms with van der Waals surface area (Å²) in [7, 11) is 0. The van der Waals surface area contributed by atoms with Crippen molar-refractivity contribution in [2.75, 3.05) is 0 Å². The molecule has 0 aliphatic carbocycles. The van der Waals surface area contributed by atoms with Crippen LogP contribution in [0.3, 0.4) is 0 Å². The molecule has 0 bridgehead atoms. The van der Waals surface area contributed by atoms with Gasteiger partial charge in [-0.05, 0) is 43.7 Å². The summed E-state index contributed by atoms with van der Waals surface area (Å²) in [6, 6.07) is 15.4. The molecule has 2 aromatic carbocycles. The number of nitrogens with zero attached hydrogens (tertiary/aromatic N) is 2. The van der Waals surface area contributed by atoms with Crippen molar-refractivity contribution in [1.29, 1.82) is 0 Å². The molecule has 1 amide bonds. The van der Waals surface area contributed by atoms with Gasteiger partial charge in [-0.2, -0.15) is 0 Å². The van der Waals surface area contributed by atoms with E-state index in [1.54, 1.807) is 12.1 Å². The van der Waals surface area contributed by atoms with Crippen LogP contribution in [0.15, 0.2) is 54.9 Å². The van der Waals surface area contributed by atoms with E-state index in [0.717, 1.165) is 16.6 Å². The summed E-state index contributed by atoms with van der Waals surface area (Å²) in [4.78, 5) is 16.2. The standard InChI is InChI=1S/C18H19N3O2/c1-13(2)21-12-20-16-10-14(8-9-17(16)21)11-19-18(22)23-15-6-4-3-5-7-15/h3-10,12-13H,11H2,1-2H3,(H,19,22). The predicted octanol–water partition coefficient (Wildman–Crippen LogP) is 3.91. The summed E-state index contributed by atoms with van der Waals surface area (Å²) in [6.07, 6.45) is 1.37. The highest BCUT2D eigenvalue weighted by molar-refractivity contribution is 5.76. The Labute approximate surface area is 134 Å². The van der Waals surface area contributed by atoms with E-state index in [1.807, 2.05) is 42.7 Å². The highest BCUT2D eigenvalue weighted by Crippen LogP contribution is 2.18. The van der Waals surface area contributed by atoms with Gasteiger partial charge >= 0.3 is 6.09 Å². The van der Waals surface area contributed by atoms with Crippen LogP contribution in [0.2, 0.25) is 0 Å². The maximum atomic E-state index is 11.8. The van der Waals surface area contributed by atoms with Gasteiger partial charge in [-0.25, -0.2) is 9.78 Å². The van der Waals surface area contributed by atoms with Gasteiger partial charge in [0.05, 0.1) is 17.4 Å². The Morgan fingerprint density at radius 1 is 1.22 bits per heavy atom. The first-order valence-electron chi connectivity index (χ1n) is 7.59. The summed E-state index contributed by atoms with van der Waals surface area (Å²) >= 11 is 0. The van der Waals surface area contributed by atoms with Gasteiger partial charge in [0.25, 0.3) is 0 Å². The topological polar surface area (TPSA) is 56.2 Å². The predicted molar refractivity (Wildman–Crippen MR) is 89.4 cm³/mol. The van der Waals surface area contributed by atoms with Crippen molar-refractivity contribution in [3.05, 3.63) is 60.4 Å². The summed E-state index contributed by atoms with van der Waals surface area (Å²) in [5, 5.41) is 2.75. The third-order valence-corrected chi connectivity index (χ3v) is 3.59. The number of amides is 1. The molecule has 0 aliphatic heterocycles. The van der Waals surface area contributed by atoms with Crippen molar-refractivity contribution in [2.24, 2.45) is 0 Å². The molecule has 0 saturated carbocycles. The number of benzene rings is 2. The lowest BCUT2D eigenvalue weighted by Gasteiger charge is -2.09. The summed E-state index contributed by atoms with van der Waals surface area (Å²) in [5.74, 6) is 0.524. The minimum Gasteiger partial charge on any atom is -0.410 e. The molecule has 3 aromatic rings. The minimum absolute atomic E-state index is 0.366. The highest BCUT2D eigenvalue weighted by Gasteiger charge is 2.08. The Morgan fingerprint density at radius 3 is 2.74 bits per heavy atom. The third kappa shape index (κ3) is 3.51. The minimum atomic E-state index is -0.469. The monoisotopic (exact) mass is 309 g/mol. The Kier molecular flexibility index (Phi) is 4.28. The Morgan fingerprint density at radius 2 is 2.00 bits per heavy atom. The Bertz CT molecular complexity index is 810. The second-order valence-corrected chi connectivity index (χ2v) is 5.62. The van der Waals surface area contributed by atoms with E-state index in [-0.39, 0.29) is 0 Å². The second kappa shape index (κ2) is 6.52. The molecule has 1 N–H and O–H groups in total. The maximum absolute atomic E-state index is 11.8. The number of rotatable bonds is 4. The molecule has 0 unspecified atom stereocenters. The Balaban J connectivity index is 1.64. The van der Waals surface area contributed by atoms with Gasteiger partial charge in [-0.15, -0.1) is 0 Å². The lowest BCUT2D eigenvalue weighted by Crippen LogP contribution is -2.26. The van der Waals surface area contributed by atoms with E-state index >= 15 is 0 Å². The molecule has 0 atom stereocenters. The molecular formula is C18H19N3O2. The quantitative estimate of drug-likeness (QED) is 0.795. The molecule has 0 radical (unpaired) electrons. The van der Waals surface area contributed by atoms with Crippen LogP contribution in [0.4, 0.5) is 4.79 Å². The Hall–Kier alpha value is -2.82. The normalized spacial score (nSPS) is 10.9. The zero-order valence-electron chi connectivity index (χ0n) is 13.2. The number of ether oxygens (including phenoxy) is 1. The van der Waals surface area contributed by atoms with Crippen molar-refractivity contribution >= 4 is 17.1 Å². The molecule has 5 nitrogen and oxygen atoms in total. The van der Waals surface area contributed by atoms with Crippen LogP contribution >= 0.6 is 0 Å². The van der Waals surface area contributed by atoms with Crippen molar-refractivity contribution in [1.82, 2.24) is 14.9 Å². The molecule has 23 heavy (non-hydrogen) atoms. The summed E-state index contributed by atoms with van der Waals surface area (Å²) in [6.45, 7) is 4.64. The average molecular weight is 309 g/mol. The van der Waals surface area contributed by atoms with Crippen molar-refractivity contribution in [3.63, 3.8) is 0 Å². The van der Waals surface area contributed by atoms with E-state index in [2.05, 4.69) is 28.7 Å². The molecule has 0 fully saturated rings. The number of para-hydroxylation sites is 1. The molecule has 0 spiro atoms. The number of carbonyl (C=O) groups excluding carboxylic acids is 1.